The number of halogens is 1. The predicted molar refractivity (Wildman–Crippen MR) is 113 cm³/mol. The van der Waals surface area contributed by atoms with Crippen molar-refractivity contribution in [2.75, 3.05) is 31.1 Å². The molecule has 7 nitrogen and oxygen atoms in total. The maximum absolute atomic E-state index is 13.0. The van der Waals surface area contributed by atoms with Gasteiger partial charge in [0.1, 0.15) is 5.69 Å². The van der Waals surface area contributed by atoms with Crippen LogP contribution in [0.25, 0.3) is 0 Å². The summed E-state index contributed by atoms with van der Waals surface area (Å²) in [5.41, 5.74) is 6.89. The van der Waals surface area contributed by atoms with Crippen LogP contribution in [0.3, 0.4) is 0 Å². The number of nitrogens with zero attached hydrogens (tertiary/aromatic N) is 3. The molecule has 0 radical (unpaired) electrons. The van der Waals surface area contributed by atoms with Gasteiger partial charge in [0.15, 0.2) is 0 Å². The molecule has 2 aliphatic rings. The van der Waals surface area contributed by atoms with Crippen molar-refractivity contribution in [3.63, 3.8) is 0 Å². The van der Waals surface area contributed by atoms with E-state index >= 15 is 0 Å². The van der Waals surface area contributed by atoms with E-state index in [1.807, 2.05) is 0 Å². The number of amides is 1. The van der Waals surface area contributed by atoms with Gasteiger partial charge >= 0.3 is 0 Å². The van der Waals surface area contributed by atoms with Crippen molar-refractivity contribution in [1.82, 2.24) is 4.90 Å². The fourth-order valence-corrected chi connectivity index (χ4v) is 4.39. The van der Waals surface area contributed by atoms with E-state index in [2.05, 4.69) is 18.7 Å². The molecule has 1 amide bonds. The number of nitro groups is 1. The zero-order valence-electron chi connectivity index (χ0n) is 16.7. The van der Waals surface area contributed by atoms with Crippen molar-refractivity contribution in [3.05, 3.63) is 33.9 Å². The Balaban J connectivity index is 0.00000280. The van der Waals surface area contributed by atoms with E-state index in [4.69, 9.17) is 5.73 Å². The molecule has 3 rings (SSSR count). The molecule has 2 aliphatic heterocycles. The number of hydrogen-bond donors (Lipinski definition) is 1. The van der Waals surface area contributed by atoms with Crippen LogP contribution in [0.5, 0.6) is 0 Å². The second-order valence-electron chi connectivity index (χ2n) is 8.17. The molecule has 3 unspecified atom stereocenters. The topological polar surface area (TPSA) is 92.7 Å². The Bertz CT molecular complexity index is 715. The summed E-state index contributed by atoms with van der Waals surface area (Å²) >= 11 is 0. The number of piperidine rings is 2. The minimum atomic E-state index is -0.371. The molecular formula is C20H31ClN4O3. The van der Waals surface area contributed by atoms with E-state index in [-0.39, 0.29) is 35.0 Å². The van der Waals surface area contributed by atoms with E-state index in [1.165, 1.54) is 6.07 Å². The minimum Gasteiger partial charge on any atom is -0.366 e. The van der Waals surface area contributed by atoms with E-state index in [0.29, 0.717) is 36.2 Å². The van der Waals surface area contributed by atoms with Crippen LogP contribution in [0.4, 0.5) is 11.4 Å². The molecular weight excluding hydrogens is 380 g/mol. The Morgan fingerprint density at radius 3 is 2.64 bits per heavy atom. The van der Waals surface area contributed by atoms with Crippen LogP contribution in [0.2, 0.25) is 0 Å². The van der Waals surface area contributed by atoms with E-state index in [0.717, 1.165) is 38.8 Å². The van der Waals surface area contributed by atoms with Gasteiger partial charge in [0, 0.05) is 43.9 Å². The maximum atomic E-state index is 13.0. The van der Waals surface area contributed by atoms with Crippen LogP contribution in [0, 0.1) is 22.0 Å². The predicted octanol–water partition coefficient (Wildman–Crippen LogP) is 3.45. The number of hydrogen-bond acceptors (Lipinski definition) is 5. The van der Waals surface area contributed by atoms with E-state index in [1.54, 1.807) is 17.0 Å². The third-order valence-electron chi connectivity index (χ3n) is 5.93. The van der Waals surface area contributed by atoms with Crippen LogP contribution in [0.15, 0.2) is 18.2 Å². The van der Waals surface area contributed by atoms with Crippen molar-refractivity contribution >= 4 is 29.7 Å². The number of anilines is 1. The molecule has 0 saturated carbocycles. The van der Waals surface area contributed by atoms with Crippen molar-refractivity contribution in [2.24, 2.45) is 17.6 Å². The number of nitrogens with two attached hydrogens (primary N) is 1. The van der Waals surface area contributed by atoms with Crippen LogP contribution in [0.1, 0.15) is 49.9 Å². The smallest absolute Gasteiger partial charge is 0.293 e. The fourth-order valence-electron chi connectivity index (χ4n) is 4.39. The number of nitro benzene ring substituents is 1. The number of likely N-dealkylation sites (tertiary alicyclic amines) is 1. The third kappa shape index (κ3) is 4.75. The van der Waals surface area contributed by atoms with Crippen LogP contribution in [-0.4, -0.2) is 48.0 Å². The highest BCUT2D eigenvalue weighted by Crippen LogP contribution is 2.33. The van der Waals surface area contributed by atoms with Crippen molar-refractivity contribution in [3.8, 4) is 0 Å². The lowest BCUT2D eigenvalue weighted by molar-refractivity contribution is -0.384. The second-order valence-corrected chi connectivity index (χ2v) is 8.17. The molecule has 0 aromatic heterocycles. The normalized spacial score (nSPS) is 25.2. The van der Waals surface area contributed by atoms with E-state index < -0.39 is 0 Å². The molecule has 0 aliphatic carbocycles. The second kappa shape index (κ2) is 9.56. The molecule has 2 saturated heterocycles. The van der Waals surface area contributed by atoms with Gasteiger partial charge in [0.2, 0.25) is 0 Å². The number of carbonyl (C=O) groups is 1. The average molecular weight is 411 g/mol. The standard InChI is InChI=1S/C20H30N4O3.ClH/c1-14-7-9-23(17(10-14)12-21)20(25)16-5-6-18(19(11-16)24(26)27)22-8-3-4-15(2)13-22;/h5-6,11,14-15,17H,3-4,7-10,12-13,21H2,1-2H3;1H. The average Bonchev–Trinajstić information content (AvgIpc) is 2.66. The summed E-state index contributed by atoms with van der Waals surface area (Å²) in [4.78, 5) is 28.2. The lowest BCUT2D eigenvalue weighted by atomic mass is 9.91. The van der Waals surface area contributed by atoms with E-state index in [9.17, 15) is 14.9 Å². The van der Waals surface area contributed by atoms with Crippen molar-refractivity contribution in [1.29, 1.82) is 0 Å². The van der Waals surface area contributed by atoms with Gasteiger partial charge in [-0.05, 0) is 49.7 Å². The molecule has 156 valence electrons. The van der Waals surface area contributed by atoms with Crippen molar-refractivity contribution in [2.45, 2.75) is 45.6 Å². The van der Waals surface area contributed by atoms with Gasteiger partial charge in [-0.2, -0.15) is 0 Å². The first kappa shape index (κ1) is 22.4. The number of carbonyl (C=O) groups excluding carboxylic acids is 1. The Morgan fingerprint density at radius 2 is 2.00 bits per heavy atom. The zero-order chi connectivity index (χ0) is 19.6. The van der Waals surface area contributed by atoms with Crippen LogP contribution >= 0.6 is 12.4 Å². The molecule has 8 heteroatoms. The highest BCUT2D eigenvalue weighted by atomic mass is 35.5. The Morgan fingerprint density at radius 1 is 1.25 bits per heavy atom. The van der Waals surface area contributed by atoms with Gasteiger partial charge in [0.25, 0.3) is 11.6 Å². The van der Waals surface area contributed by atoms with Crippen LogP contribution in [-0.2, 0) is 0 Å². The maximum Gasteiger partial charge on any atom is 0.293 e. The first-order valence-corrected chi connectivity index (χ1v) is 9.95. The Labute approximate surface area is 172 Å². The SMILES string of the molecule is CC1CCN(C(=O)c2ccc(N3CCCC(C)C3)c([N+](=O)[O-])c2)C(CN)C1.Cl. The summed E-state index contributed by atoms with van der Waals surface area (Å²) in [5.74, 6) is 0.903. The summed E-state index contributed by atoms with van der Waals surface area (Å²) in [7, 11) is 0. The molecule has 1 aromatic rings. The summed E-state index contributed by atoms with van der Waals surface area (Å²) in [6, 6.07) is 4.92. The van der Waals surface area contributed by atoms with Gasteiger partial charge in [-0.1, -0.05) is 13.8 Å². The summed E-state index contributed by atoms with van der Waals surface area (Å²) < 4.78 is 0. The zero-order valence-corrected chi connectivity index (χ0v) is 17.5. The molecule has 2 fully saturated rings. The summed E-state index contributed by atoms with van der Waals surface area (Å²) in [6.07, 6.45) is 4.00. The number of rotatable bonds is 4. The quantitative estimate of drug-likeness (QED) is 0.606. The molecule has 28 heavy (non-hydrogen) atoms. The van der Waals surface area contributed by atoms with Gasteiger partial charge < -0.3 is 15.5 Å². The first-order valence-electron chi connectivity index (χ1n) is 9.95. The molecule has 1 aromatic carbocycles. The lowest BCUT2D eigenvalue weighted by Crippen LogP contribution is -2.49. The minimum absolute atomic E-state index is 0. The van der Waals surface area contributed by atoms with Gasteiger partial charge in [-0.15, -0.1) is 12.4 Å². The largest absolute Gasteiger partial charge is 0.366 e. The summed E-state index contributed by atoms with van der Waals surface area (Å²) in [6.45, 7) is 7.04. The Kier molecular flexibility index (Phi) is 7.66. The molecule has 0 bridgehead atoms. The first-order chi connectivity index (χ1) is 12.9. The highest BCUT2D eigenvalue weighted by Gasteiger charge is 2.31. The van der Waals surface area contributed by atoms with Gasteiger partial charge in [-0.3, -0.25) is 14.9 Å². The van der Waals surface area contributed by atoms with Gasteiger partial charge in [-0.25, -0.2) is 0 Å². The molecule has 2 N–H and O–H groups in total. The number of benzene rings is 1. The monoisotopic (exact) mass is 410 g/mol. The lowest BCUT2D eigenvalue weighted by Gasteiger charge is -2.38. The highest BCUT2D eigenvalue weighted by molar-refractivity contribution is 5.96. The molecule has 0 spiro atoms. The van der Waals surface area contributed by atoms with Crippen LogP contribution < -0.4 is 10.6 Å². The fraction of sp³-hybridized carbons (Fsp3) is 0.650. The van der Waals surface area contributed by atoms with Gasteiger partial charge in [0.05, 0.1) is 4.92 Å². The summed E-state index contributed by atoms with van der Waals surface area (Å²) in [5, 5.41) is 11.7. The van der Waals surface area contributed by atoms with Crippen molar-refractivity contribution < 1.29 is 9.72 Å². The Hall–Kier alpha value is -1.86. The molecule has 3 atom stereocenters. The third-order valence-corrected chi connectivity index (χ3v) is 5.93. The molecule has 2 heterocycles.